The molecule has 0 atom stereocenters. The predicted molar refractivity (Wildman–Crippen MR) is 78.7 cm³/mol. The summed E-state index contributed by atoms with van der Waals surface area (Å²) < 4.78 is 31.1. The molecule has 1 rings (SSSR count). The fraction of sp³-hybridized carbons (Fsp3) is 0.462. The molecule has 22 heavy (non-hydrogen) atoms. The second-order valence-corrected chi connectivity index (χ2v) is 6.62. The molecular weight excluding hydrogens is 312 g/mol. The lowest BCUT2D eigenvalue weighted by Gasteiger charge is -2.08. The zero-order valence-corrected chi connectivity index (χ0v) is 13.1. The second-order valence-electron chi connectivity index (χ2n) is 4.97. The van der Waals surface area contributed by atoms with Gasteiger partial charge < -0.3 is 4.74 Å². The highest BCUT2D eigenvalue weighted by atomic mass is 32.2. The average molecular weight is 330 g/mol. The van der Waals surface area contributed by atoms with Crippen molar-refractivity contribution in [2.75, 3.05) is 13.2 Å². The summed E-state index contributed by atoms with van der Waals surface area (Å²) in [5.74, 6) is -0.472. The fourth-order valence-corrected chi connectivity index (χ4v) is 2.76. The maximum Gasteiger partial charge on any atom is 0.289 e. The lowest BCUT2D eigenvalue weighted by Crippen LogP contribution is -2.31. The van der Waals surface area contributed by atoms with E-state index in [4.69, 9.17) is 4.74 Å². The summed E-state index contributed by atoms with van der Waals surface area (Å²) in [4.78, 5) is 21.1. The number of hydrogen-bond donors (Lipinski definition) is 1. The van der Waals surface area contributed by atoms with E-state index in [0.717, 1.165) is 12.1 Å². The molecule has 1 aromatic rings. The Bertz CT molecular complexity index is 642. The normalized spacial score (nSPS) is 11.4. The first kappa shape index (κ1) is 18.1. The van der Waals surface area contributed by atoms with Gasteiger partial charge in [-0.25, -0.2) is 13.1 Å². The van der Waals surface area contributed by atoms with Crippen molar-refractivity contribution in [2.24, 2.45) is 5.92 Å². The van der Waals surface area contributed by atoms with E-state index in [1.54, 1.807) is 4.72 Å². The van der Waals surface area contributed by atoms with Gasteiger partial charge in [0.2, 0.25) is 5.91 Å². The third kappa shape index (κ3) is 5.41. The van der Waals surface area contributed by atoms with E-state index in [1.165, 1.54) is 12.1 Å². The van der Waals surface area contributed by atoms with Gasteiger partial charge in [-0.15, -0.1) is 0 Å². The summed E-state index contributed by atoms with van der Waals surface area (Å²) in [5.41, 5.74) is -0.584. The summed E-state index contributed by atoms with van der Waals surface area (Å²) in [6.07, 6.45) is -0.146. The Balaban J connectivity index is 2.72. The van der Waals surface area contributed by atoms with Gasteiger partial charge in [0, 0.05) is 12.7 Å². The van der Waals surface area contributed by atoms with Crippen molar-refractivity contribution in [3.8, 4) is 0 Å². The molecule has 0 spiro atoms. The Morgan fingerprint density at radius 1 is 1.36 bits per heavy atom. The van der Waals surface area contributed by atoms with Crippen LogP contribution in [0.4, 0.5) is 5.69 Å². The number of amides is 1. The number of carbonyl (C=O) groups is 1. The van der Waals surface area contributed by atoms with Crippen molar-refractivity contribution in [2.45, 2.75) is 25.2 Å². The average Bonchev–Trinajstić information content (AvgIpc) is 2.43. The largest absolute Gasteiger partial charge is 0.381 e. The van der Waals surface area contributed by atoms with Crippen LogP contribution in [0.2, 0.25) is 0 Å². The van der Waals surface area contributed by atoms with Crippen molar-refractivity contribution in [1.29, 1.82) is 0 Å². The molecule has 1 aromatic carbocycles. The molecule has 0 aliphatic carbocycles. The summed E-state index contributed by atoms with van der Waals surface area (Å²) in [5, 5.41) is 10.8. The lowest BCUT2D eigenvalue weighted by atomic mass is 10.2. The highest BCUT2D eigenvalue weighted by Crippen LogP contribution is 2.22. The first-order valence-corrected chi connectivity index (χ1v) is 8.09. The highest BCUT2D eigenvalue weighted by Gasteiger charge is 2.26. The molecule has 0 saturated carbocycles. The Hall–Kier alpha value is -2.00. The van der Waals surface area contributed by atoms with Crippen molar-refractivity contribution in [3.63, 3.8) is 0 Å². The van der Waals surface area contributed by atoms with Gasteiger partial charge in [0.25, 0.3) is 15.7 Å². The second kappa shape index (κ2) is 7.85. The molecule has 1 N–H and O–H groups in total. The van der Waals surface area contributed by atoms with Crippen molar-refractivity contribution in [3.05, 3.63) is 34.4 Å². The Morgan fingerprint density at radius 3 is 2.59 bits per heavy atom. The van der Waals surface area contributed by atoms with E-state index in [0.29, 0.717) is 12.5 Å². The predicted octanol–water partition coefficient (Wildman–Crippen LogP) is 1.46. The van der Waals surface area contributed by atoms with Gasteiger partial charge in [-0.3, -0.25) is 14.9 Å². The molecular formula is C13H18N2O6S. The van der Waals surface area contributed by atoms with Crippen LogP contribution in [0.15, 0.2) is 29.2 Å². The molecule has 0 saturated heterocycles. The molecule has 0 bridgehead atoms. The van der Waals surface area contributed by atoms with E-state index < -0.39 is 31.4 Å². The third-order valence-electron chi connectivity index (χ3n) is 2.52. The number of benzene rings is 1. The molecule has 1 amide bonds. The van der Waals surface area contributed by atoms with Gasteiger partial charge >= 0.3 is 0 Å². The van der Waals surface area contributed by atoms with Crippen LogP contribution in [0, 0.1) is 16.0 Å². The van der Waals surface area contributed by atoms with Gasteiger partial charge in [-0.1, -0.05) is 26.0 Å². The maximum atomic E-state index is 12.0. The summed E-state index contributed by atoms with van der Waals surface area (Å²) in [6, 6.07) is 4.82. The number of nitrogens with zero attached hydrogens (tertiary/aromatic N) is 1. The molecule has 122 valence electrons. The molecule has 0 aliphatic heterocycles. The summed E-state index contributed by atoms with van der Waals surface area (Å²) in [6.45, 7) is 4.43. The van der Waals surface area contributed by atoms with Gasteiger partial charge in [0.05, 0.1) is 18.0 Å². The van der Waals surface area contributed by atoms with E-state index >= 15 is 0 Å². The first-order valence-electron chi connectivity index (χ1n) is 6.61. The lowest BCUT2D eigenvalue weighted by molar-refractivity contribution is -0.387. The van der Waals surface area contributed by atoms with Crippen molar-refractivity contribution < 1.29 is 22.9 Å². The van der Waals surface area contributed by atoms with Gasteiger partial charge in [-0.05, 0) is 12.0 Å². The number of nitrogens with one attached hydrogen (secondary N) is 1. The number of hydrogen-bond acceptors (Lipinski definition) is 6. The van der Waals surface area contributed by atoms with Crippen molar-refractivity contribution >= 4 is 21.6 Å². The van der Waals surface area contributed by atoms with Crippen LogP contribution in [0.1, 0.15) is 20.3 Å². The summed E-state index contributed by atoms with van der Waals surface area (Å²) >= 11 is 0. The quantitative estimate of drug-likeness (QED) is 0.438. The van der Waals surface area contributed by atoms with Gasteiger partial charge in [-0.2, -0.15) is 0 Å². The molecule has 9 heteroatoms. The van der Waals surface area contributed by atoms with Crippen molar-refractivity contribution in [1.82, 2.24) is 4.72 Å². The Kier molecular flexibility index (Phi) is 6.44. The smallest absolute Gasteiger partial charge is 0.289 e. The van der Waals surface area contributed by atoms with Crippen LogP contribution < -0.4 is 4.72 Å². The van der Waals surface area contributed by atoms with E-state index in [-0.39, 0.29) is 13.0 Å². The molecule has 8 nitrogen and oxygen atoms in total. The summed E-state index contributed by atoms with van der Waals surface area (Å²) in [7, 11) is -4.29. The standard InChI is InChI=1S/C13H18N2O6S/c1-10(2)9-21-8-7-13(16)14-22(19,20)12-6-4-3-5-11(12)15(17)18/h3-6,10H,7-9H2,1-2H3,(H,14,16). The van der Waals surface area contributed by atoms with E-state index in [2.05, 4.69) is 0 Å². The minimum absolute atomic E-state index is 0.0798. The molecule has 0 aromatic heterocycles. The van der Waals surface area contributed by atoms with E-state index in [9.17, 15) is 23.3 Å². The molecule has 0 fully saturated rings. The molecule has 0 heterocycles. The first-order chi connectivity index (χ1) is 10.2. The third-order valence-corrected chi connectivity index (χ3v) is 3.94. The minimum Gasteiger partial charge on any atom is -0.381 e. The topological polar surface area (TPSA) is 116 Å². The number of rotatable bonds is 8. The van der Waals surface area contributed by atoms with Crippen LogP contribution in [0.5, 0.6) is 0 Å². The van der Waals surface area contributed by atoms with Crippen LogP contribution in [-0.2, 0) is 19.6 Å². The number of carbonyl (C=O) groups excluding carboxylic acids is 1. The SMILES string of the molecule is CC(C)COCCC(=O)NS(=O)(=O)c1ccccc1[N+](=O)[O-]. The number of ether oxygens (including phenoxy) is 1. The zero-order chi connectivity index (χ0) is 16.8. The fourth-order valence-electron chi connectivity index (χ4n) is 1.58. The monoisotopic (exact) mass is 330 g/mol. The van der Waals surface area contributed by atoms with Crippen LogP contribution >= 0.6 is 0 Å². The number of para-hydroxylation sites is 1. The number of nitro benzene ring substituents is 1. The number of sulfonamides is 1. The van der Waals surface area contributed by atoms with E-state index in [1.807, 2.05) is 13.8 Å². The maximum absolute atomic E-state index is 12.0. The Labute approximate surface area is 128 Å². The van der Waals surface area contributed by atoms with Crippen LogP contribution in [0.3, 0.4) is 0 Å². The molecule has 0 aliphatic rings. The van der Waals surface area contributed by atoms with Crippen LogP contribution in [-0.4, -0.2) is 32.5 Å². The van der Waals surface area contributed by atoms with Gasteiger partial charge in [0.1, 0.15) is 0 Å². The zero-order valence-electron chi connectivity index (χ0n) is 12.3. The molecule has 0 radical (unpaired) electrons. The van der Waals surface area contributed by atoms with Gasteiger partial charge in [0.15, 0.2) is 4.90 Å². The molecule has 0 unspecified atom stereocenters. The number of nitro groups is 1. The highest BCUT2D eigenvalue weighted by molar-refractivity contribution is 7.90. The van der Waals surface area contributed by atoms with Crippen LogP contribution in [0.25, 0.3) is 0 Å². The Morgan fingerprint density at radius 2 is 2.00 bits per heavy atom. The minimum atomic E-state index is -4.29.